The Hall–Kier alpha value is -1.95. The number of carbonyl (C=O) groups is 2. The maximum Gasteiger partial charge on any atom is 0.222 e. The van der Waals surface area contributed by atoms with E-state index in [1.54, 1.807) is 16.2 Å². The van der Waals surface area contributed by atoms with Gasteiger partial charge in [0.1, 0.15) is 0 Å². The summed E-state index contributed by atoms with van der Waals surface area (Å²) in [6.45, 7) is 1.71. The van der Waals surface area contributed by atoms with Crippen molar-refractivity contribution in [3.05, 3.63) is 29.3 Å². The second-order valence-corrected chi connectivity index (χ2v) is 6.52. The van der Waals surface area contributed by atoms with Gasteiger partial charge in [-0.2, -0.15) is 0 Å². The van der Waals surface area contributed by atoms with E-state index in [0.29, 0.717) is 32.5 Å². The summed E-state index contributed by atoms with van der Waals surface area (Å²) in [4.78, 5) is 29.8. The number of benzene rings is 1. The molecule has 0 spiro atoms. The van der Waals surface area contributed by atoms with Crippen LogP contribution in [0, 0.1) is 0 Å². The zero-order valence-electron chi connectivity index (χ0n) is 12.4. The number of aryl methyl sites for hydroxylation is 1. The number of amides is 2. The first-order valence-electron chi connectivity index (χ1n) is 7.61. The number of para-hydroxylation sites is 1. The molecule has 0 saturated carbocycles. The highest BCUT2D eigenvalue weighted by Gasteiger charge is 2.18. The lowest BCUT2D eigenvalue weighted by Gasteiger charge is -2.19. The summed E-state index contributed by atoms with van der Waals surface area (Å²) >= 11 is 1.70. The largest absolute Gasteiger partial charge is 0.354 e. The van der Waals surface area contributed by atoms with E-state index in [2.05, 4.69) is 16.4 Å². The van der Waals surface area contributed by atoms with Crippen LogP contribution < -0.4 is 5.32 Å². The zero-order chi connectivity index (χ0) is 15.4. The number of hydrogen-bond acceptors (Lipinski definition) is 4. The van der Waals surface area contributed by atoms with Gasteiger partial charge in [0, 0.05) is 32.5 Å². The Morgan fingerprint density at radius 3 is 3.05 bits per heavy atom. The van der Waals surface area contributed by atoms with Crippen LogP contribution >= 0.6 is 11.3 Å². The number of fused-ring (bicyclic) bond motifs is 1. The fourth-order valence-corrected chi connectivity index (χ4v) is 3.60. The average Bonchev–Trinajstić information content (AvgIpc) is 2.80. The van der Waals surface area contributed by atoms with Crippen molar-refractivity contribution < 1.29 is 9.59 Å². The number of thiazole rings is 1. The van der Waals surface area contributed by atoms with Crippen LogP contribution in [0.2, 0.25) is 0 Å². The average molecular weight is 317 g/mol. The minimum atomic E-state index is 0.0322. The normalized spacial score (nSPS) is 15.6. The lowest BCUT2D eigenvalue weighted by atomic mass is 10.2. The van der Waals surface area contributed by atoms with E-state index in [1.807, 2.05) is 18.2 Å². The van der Waals surface area contributed by atoms with Gasteiger partial charge < -0.3 is 10.2 Å². The Morgan fingerprint density at radius 2 is 2.18 bits per heavy atom. The minimum absolute atomic E-state index is 0.0322. The van der Waals surface area contributed by atoms with Gasteiger partial charge in [-0.15, -0.1) is 11.3 Å². The first-order chi connectivity index (χ1) is 10.7. The molecule has 1 aromatic carbocycles. The fourth-order valence-electron chi connectivity index (χ4n) is 2.59. The van der Waals surface area contributed by atoms with Gasteiger partial charge >= 0.3 is 0 Å². The van der Waals surface area contributed by atoms with E-state index < -0.39 is 0 Å². The fraction of sp³-hybridized carbons (Fsp3) is 0.438. The molecule has 5 nitrogen and oxygen atoms in total. The van der Waals surface area contributed by atoms with Gasteiger partial charge in [0.2, 0.25) is 11.8 Å². The van der Waals surface area contributed by atoms with Crippen LogP contribution in [0.5, 0.6) is 0 Å². The topological polar surface area (TPSA) is 62.3 Å². The highest BCUT2D eigenvalue weighted by molar-refractivity contribution is 7.18. The highest BCUT2D eigenvalue weighted by Crippen LogP contribution is 2.22. The Kier molecular flexibility index (Phi) is 4.68. The molecular weight excluding hydrogens is 298 g/mol. The summed E-state index contributed by atoms with van der Waals surface area (Å²) in [6, 6.07) is 8.09. The number of nitrogens with zero attached hydrogens (tertiary/aromatic N) is 2. The van der Waals surface area contributed by atoms with E-state index in [1.165, 1.54) is 4.70 Å². The lowest BCUT2D eigenvalue weighted by Crippen LogP contribution is -2.34. The van der Waals surface area contributed by atoms with Crippen LogP contribution in [-0.4, -0.2) is 41.3 Å². The third kappa shape index (κ3) is 3.62. The summed E-state index contributed by atoms with van der Waals surface area (Å²) in [5.74, 6) is 0.169. The summed E-state index contributed by atoms with van der Waals surface area (Å²) in [7, 11) is 0. The molecule has 0 aliphatic carbocycles. The monoisotopic (exact) mass is 317 g/mol. The molecule has 116 valence electrons. The van der Waals surface area contributed by atoms with E-state index in [0.717, 1.165) is 23.4 Å². The van der Waals surface area contributed by atoms with Crippen molar-refractivity contribution in [3.63, 3.8) is 0 Å². The van der Waals surface area contributed by atoms with Crippen molar-refractivity contribution in [1.29, 1.82) is 0 Å². The first kappa shape index (κ1) is 15.0. The molecule has 2 amide bonds. The molecule has 1 saturated heterocycles. The quantitative estimate of drug-likeness (QED) is 0.938. The predicted octanol–water partition coefficient (Wildman–Crippen LogP) is 1.97. The Balaban J connectivity index is 1.49. The second-order valence-electron chi connectivity index (χ2n) is 5.41. The SMILES string of the molecule is O=C1CCN(C(=O)CCCc2nc3ccccc3s2)CCN1. The third-order valence-corrected chi connectivity index (χ3v) is 4.88. The molecule has 22 heavy (non-hydrogen) atoms. The number of rotatable bonds is 4. The second kappa shape index (κ2) is 6.87. The molecular formula is C16H19N3O2S. The third-order valence-electron chi connectivity index (χ3n) is 3.78. The Bertz CT molecular complexity index is 650. The van der Waals surface area contributed by atoms with Crippen LogP contribution in [0.1, 0.15) is 24.3 Å². The number of nitrogens with one attached hydrogen (secondary N) is 1. The van der Waals surface area contributed by atoms with Crippen LogP contribution in [0.3, 0.4) is 0 Å². The van der Waals surface area contributed by atoms with Gasteiger partial charge in [-0.05, 0) is 25.0 Å². The zero-order valence-corrected chi connectivity index (χ0v) is 13.2. The van der Waals surface area contributed by atoms with Gasteiger partial charge in [-0.1, -0.05) is 12.1 Å². The van der Waals surface area contributed by atoms with Gasteiger partial charge in [0.05, 0.1) is 15.2 Å². The lowest BCUT2D eigenvalue weighted by molar-refractivity contribution is -0.131. The summed E-state index contributed by atoms with van der Waals surface area (Å²) in [5.41, 5.74) is 1.03. The van der Waals surface area contributed by atoms with Crippen LogP contribution in [-0.2, 0) is 16.0 Å². The standard InChI is InChI=1S/C16H19N3O2S/c20-14-8-10-19(11-9-17-14)16(21)7-3-6-15-18-12-4-1-2-5-13(12)22-15/h1-2,4-5H,3,6-11H2,(H,17,20). The van der Waals surface area contributed by atoms with Gasteiger partial charge in [-0.3, -0.25) is 9.59 Å². The van der Waals surface area contributed by atoms with Crippen LogP contribution in [0.15, 0.2) is 24.3 Å². The van der Waals surface area contributed by atoms with Gasteiger partial charge in [0.25, 0.3) is 0 Å². The van der Waals surface area contributed by atoms with E-state index >= 15 is 0 Å². The molecule has 3 rings (SSSR count). The Labute approximate surface area is 133 Å². The van der Waals surface area contributed by atoms with Gasteiger partial charge in [-0.25, -0.2) is 4.98 Å². The molecule has 6 heteroatoms. The maximum absolute atomic E-state index is 12.2. The number of aromatic nitrogens is 1. The number of carbonyl (C=O) groups excluding carboxylic acids is 2. The maximum atomic E-state index is 12.2. The van der Waals surface area contributed by atoms with Crippen molar-refractivity contribution in [3.8, 4) is 0 Å². The molecule has 1 fully saturated rings. The molecule has 1 aliphatic heterocycles. The smallest absolute Gasteiger partial charge is 0.222 e. The van der Waals surface area contributed by atoms with Crippen molar-refractivity contribution in [1.82, 2.24) is 15.2 Å². The van der Waals surface area contributed by atoms with Gasteiger partial charge in [0.15, 0.2) is 0 Å². The van der Waals surface area contributed by atoms with Crippen LogP contribution in [0.25, 0.3) is 10.2 Å². The van der Waals surface area contributed by atoms with E-state index in [-0.39, 0.29) is 11.8 Å². The molecule has 0 radical (unpaired) electrons. The minimum Gasteiger partial charge on any atom is -0.354 e. The number of hydrogen-bond donors (Lipinski definition) is 1. The summed E-state index contributed by atoms with van der Waals surface area (Å²) in [5, 5.41) is 3.87. The van der Waals surface area contributed by atoms with Crippen molar-refractivity contribution in [2.75, 3.05) is 19.6 Å². The Morgan fingerprint density at radius 1 is 1.32 bits per heavy atom. The summed E-state index contributed by atoms with van der Waals surface area (Å²) < 4.78 is 1.20. The molecule has 2 heterocycles. The van der Waals surface area contributed by atoms with E-state index in [9.17, 15) is 9.59 Å². The van der Waals surface area contributed by atoms with Crippen LogP contribution in [0.4, 0.5) is 0 Å². The highest BCUT2D eigenvalue weighted by atomic mass is 32.1. The predicted molar refractivity (Wildman–Crippen MR) is 86.8 cm³/mol. The first-order valence-corrected chi connectivity index (χ1v) is 8.43. The summed E-state index contributed by atoms with van der Waals surface area (Å²) in [6.07, 6.45) is 2.56. The molecule has 1 aromatic heterocycles. The van der Waals surface area contributed by atoms with Crippen molar-refractivity contribution >= 4 is 33.4 Å². The molecule has 1 N–H and O–H groups in total. The van der Waals surface area contributed by atoms with E-state index in [4.69, 9.17) is 0 Å². The molecule has 2 aromatic rings. The van der Waals surface area contributed by atoms with Crippen molar-refractivity contribution in [2.24, 2.45) is 0 Å². The van der Waals surface area contributed by atoms with Crippen molar-refractivity contribution in [2.45, 2.75) is 25.7 Å². The molecule has 0 atom stereocenters. The molecule has 0 bridgehead atoms. The molecule has 0 unspecified atom stereocenters. The molecule has 1 aliphatic rings.